The number of rotatable bonds is 5. The van der Waals surface area contributed by atoms with Gasteiger partial charge >= 0.3 is 0 Å². The summed E-state index contributed by atoms with van der Waals surface area (Å²) in [4.78, 5) is 23.5. The van der Waals surface area contributed by atoms with E-state index in [1.807, 2.05) is 30.3 Å². The molecule has 26 heavy (non-hydrogen) atoms. The maximum absolute atomic E-state index is 12.9. The molecule has 1 N–H and O–H groups in total. The molecule has 0 saturated heterocycles. The smallest absolute Gasteiger partial charge is 0.274 e. The topological polar surface area (TPSA) is 85.4 Å². The van der Waals surface area contributed by atoms with Gasteiger partial charge in [0.25, 0.3) is 11.6 Å². The summed E-state index contributed by atoms with van der Waals surface area (Å²) in [5.74, 6) is 0.158. The van der Waals surface area contributed by atoms with Crippen molar-refractivity contribution in [3.63, 3.8) is 0 Å². The van der Waals surface area contributed by atoms with E-state index in [1.165, 1.54) is 12.3 Å². The molecule has 1 heterocycles. The molecule has 6 nitrogen and oxygen atoms in total. The summed E-state index contributed by atoms with van der Waals surface area (Å²) in [5, 5.41) is 13.9. The Hall–Kier alpha value is -3.67. The third kappa shape index (κ3) is 3.70. The van der Waals surface area contributed by atoms with Crippen LogP contribution in [0.1, 0.15) is 16.9 Å². The molecule has 0 spiro atoms. The van der Waals surface area contributed by atoms with Crippen LogP contribution in [0, 0.1) is 17.0 Å². The molecule has 0 bridgehead atoms. The van der Waals surface area contributed by atoms with Gasteiger partial charge in [-0.25, -0.2) is 0 Å². The van der Waals surface area contributed by atoms with Crippen LogP contribution in [0.4, 0.5) is 11.4 Å². The third-order valence-corrected chi connectivity index (χ3v) is 3.91. The zero-order chi connectivity index (χ0) is 18.5. The number of nitrogens with one attached hydrogen (secondary N) is 1. The van der Waals surface area contributed by atoms with Gasteiger partial charge in [0.05, 0.1) is 28.0 Å². The maximum atomic E-state index is 12.9. The van der Waals surface area contributed by atoms with E-state index in [4.69, 9.17) is 4.42 Å². The number of nitro groups is 1. The fourth-order valence-corrected chi connectivity index (χ4v) is 2.56. The second-order valence-electron chi connectivity index (χ2n) is 5.60. The molecular weight excluding hydrogens is 332 g/mol. The summed E-state index contributed by atoms with van der Waals surface area (Å²) < 4.78 is 5.31. The van der Waals surface area contributed by atoms with Crippen molar-refractivity contribution < 1.29 is 14.1 Å². The molecule has 0 aliphatic heterocycles. The number of benzene rings is 2. The number of nitrogens with zero attached hydrogens (tertiary/aromatic N) is 1. The first-order valence-electron chi connectivity index (χ1n) is 7.92. The predicted octanol–water partition coefficient (Wildman–Crippen LogP) is 4.68. The molecule has 0 radical (unpaired) electrons. The lowest BCUT2D eigenvalue weighted by atomic mass is 10.0. The number of furan rings is 1. The van der Waals surface area contributed by atoms with Gasteiger partial charge in [0.15, 0.2) is 0 Å². The largest absolute Gasteiger partial charge is 0.465 e. The van der Waals surface area contributed by atoms with Crippen molar-refractivity contribution in [3.05, 3.63) is 93.9 Å². The summed E-state index contributed by atoms with van der Waals surface area (Å²) >= 11 is 0. The Morgan fingerprint density at radius 1 is 1.08 bits per heavy atom. The van der Waals surface area contributed by atoms with Crippen LogP contribution >= 0.6 is 0 Å². The molecule has 0 atom stereocenters. The highest BCUT2D eigenvalue weighted by atomic mass is 16.6. The fraction of sp³-hybridized carbons (Fsp3) is 0.0500. The van der Waals surface area contributed by atoms with Crippen molar-refractivity contribution in [3.8, 4) is 0 Å². The minimum Gasteiger partial charge on any atom is -0.465 e. The Labute approximate surface area is 149 Å². The summed E-state index contributed by atoms with van der Waals surface area (Å²) in [6, 6.07) is 17.2. The van der Waals surface area contributed by atoms with E-state index in [0.29, 0.717) is 28.1 Å². The van der Waals surface area contributed by atoms with Crippen LogP contribution in [-0.2, 0) is 4.79 Å². The average Bonchev–Trinajstić information content (AvgIpc) is 3.15. The van der Waals surface area contributed by atoms with Gasteiger partial charge in [0, 0.05) is 6.07 Å². The van der Waals surface area contributed by atoms with E-state index in [1.54, 1.807) is 37.3 Å². The Balaban J connectivity index is 1.97. The van der Waals surface area contributed by atoms with Gasteiger partial charge in [-0.3, -0.25) is 14.9 Å². The minimum absolute atomic E-state index is 0.0425. The SMILES string of the molecule is Cc1c(NC(=O)/C(=C/c2ccco2)c2ccccc2)cccc1[N+](=O)[O-]. The van der Waals surface area contributed by atoms with Crippen LogP contribution < -0.4 is 5.32 Å². The van der Waals surface area contributed by atoms with Gasteiger partial charge in [-0.2, -0.15) is 0 Å². The highest BCUT2D eigenvalue weighted by molar-refractivity contribution is 6.29. The molecule has 130 valence electrons. The van der Waals surface area contributed by atoms with E-state index >= 15 is 0 Å². The van der Waals surface area contributed by atoms with Crippen LogP contribution in [0.15, 0.2) is 71.3 Å². The number of nitro benzene ring substituents is 1. The van der Waals surface area contributed by atoms with Crippen molar-refractivity contribution in [2.75, 3.05) is 5.32 Å². The molecule has 1 aromatic heterocycles. The zero-order valence-electron chi connectivity index (χ0n) is 14.0. The molecule has 0 unspecified atom stereocenters. The van der Waals surface area contributed by atoms with Crippen LogP contribution in [0.5, 0.6) is 0 Å². The predicted molar refractivity (Wildman–Crippen MR) is 99.5 cm³/mol. The van der Waals surface area contributed by atoms with Gasteiger partial charge < -0.3 is 9.73 Å². The quantitative estimate of drug-likeness (QED) is 0.412. The summed E-state index contributed by atoms with van der Waals surface area (Å²) in [6.45, 7) is 1.60. The zero-order valence-corrected chi connectivity index (χ0v) is 14.0. The highest BCUT2D eigenvalue weighted by Gasteiger charge is 2.18. The lowest BCUT2D eigenvalue weighted by Gasteiger charge is -2.11. The molecule has 0 aliphatic rings. The van der Waals surface area contributed by atoms with Crippen molar-refractivity contribution in [1.82, 2.24) is 0 Å². The normalized spacial score (nSPS) is 11.2. The summed E-state index contributed by atoms with van der Waals surface area (Å²) in [6.07, 6.45) is 3.16. The van der Waals surface area contributed by atoms with Crippen LogP contribution in [0.25, 0.3) is 11.6 Å². The number of amides is 1. The molecule has 3 rings (SSSR count). The molecule has 0 saturated carbocycles. The van der Waals surface area contributed by atoms with E-state index < -0.39 is 4.92 Å². The van der Waals surface area contributed by atoms with Crippen LogP contribution in [-0.4, -0.2) is 10.8 Å². The Kier molecular flexibility index (Phi) is 4.94. The second-order valence-corrected chi connectivity index (χ2v) is 5.60. The first kappa shape index (κ1) is 17.2. The first-order valence-corrected chi connectivity index (χ1v) is 7.92. The van der Waals surface area contributed by atoms with Crippen molar-refractivity contribution in [2.45, 2.75) is 6.92 Å². The number of hydrogen-bond acceptors (Lipinski definition) is 4. The van der Waals surface area contributed by atoms with Gasteiger partial charge in [-0.15, -0.1) is 0 Å². The Morgan fingerprint density at radius 2 is 1.85 bits per heavy atom. The minimum atomic E-state index is -0.470. The molecule has 6 heteroatoms. The third-order valence-electron chi connectivity index (χ3n) is 3.91. The summed E-state index contributed by atoms with van der Waals surface area (Å²) in [5.41, 5.74) is 1.86. The molecule has 2 aromatic carbocycles. The monoisotopic (exact) mass is 348 g/mol. The van der Waals surface area contributed by atoms with Gasteiger partial charge in [0.2, 0.25) is 0 Å². The van der Waals surface area contributed by atoms with Crippen LogP contribution in [0.2, 0.25) is 0 Å². The Bertz CT molecular complexity index is 961. The van der Waals surface area contributed by atoms with Gasteiger partial charge in [-0.1, -0.05) is 36.4 Å². The molecule has 0 aliphatic carbocycles. The summed E-state index contributed by atoms with van der Waals surface area (Å²) in [7, 11) is 0. The molecule has 0 fully saturated rings. The van der Waals surface area contributed by atoms with E-state index in [9.17, 15) is 14.9 Å². The number of hydrogen-bond donors (Lipinski definition) is 1. The van der Waals surface area contributed by atoms with Crippen molar-refractivity contribution in [1.29, 1.82) is 0 Å². The molecule has 3 aromatic rings. The highest BCUT2D eigenvalue weighted by Crippen LogP contribution is 2.27. The number of anilines is 1. The number of carbonyl (C=O) groups excluding carboxylic acids is 1. The second kappa shape index (κ2) is 7.48. The van der Waals surface area contributed by atoms with E-state index in [2.05, 4.69) is 5.32 Å². The lowest BCUT2D eigenvalue weighted by Crippen LogP contribution is -2.14. The number of carbonyl (C=O) groups is 1. The first-order chi connectivity index (χ1) is 12.6. The van der Waals surface area contributed by atoms with Crippen LogP contribution in [0.3, 0.4) is 0 Å². The standard InChI is InChI=1S/C20H16N2O4/c1-14-18(10-5-11-19(14)22(24)25)21-20(23)17(13-16-9-6-12-26-16)15-7-3-2-4-8-15/h2-13H,1H3,(H,21,23)/b17-13+. The lowest BCUT2D eigenvalue weighted by molar-refractivity contribution is -0.385. The molecule has 1 amide bonds. The van der Waals surface area contributed by atoms with E-state index in [0.717, 1.165) is 0 Å². The van der Waals surface area contributed by atoms with E-state index in [-0.39, 0.29) is 11.6 Å². The van der Waals surface area contributed by atoms with Gasteiger partial charge in [0.1, 0.15) is 5.76 Å². The maximum Gasteiger partial charge on any atom is 0.274 e. The van der Waals surface area contributed by atoms with Crippen molar-refractivity contribution in [2.24, 2.45) is 0 Å². The fourth-order valence-electron chi connectivity index (χ4n) is 2.56. The average molecular weight is 348 g/mol. The Morgan fingerprint density at radius 3 is 2.50 bits per heavy atom. The molecular formula is C20H16N2O4. The van der Waals surface area contributed by atoms with Crippen molar-refractivity contribution >= 4 is 28.9 Å². The van der Waals surface area contributed by atoms with Gasteiger partial charge in [-0.05, 0) is 36.8 Å².